The summed E-state index contributed by atoms with van der Waals surface area (Å²) in [7, 11) is 2.83. The molecule has 8 heteroatoms. The molecular formula is C28H26N2O6. The number of hydrogen-bond donors (Lipinski definition) is 0. The van der Waals surface area contributed by atoms with Crippen molar-refractivity contribution in [2.24, 2.45) is 0 Å². The highest BCUT2D eigenvalue weighted by molar-refractivity contribution is 5.89. The van der Waals surface area contributed by atoms with Crippen LogP contribution in [0.5, 0.6) is 11.5 Å². The predicted molar refractivity (Wildman–Crippen MR) is 135 cm³/mol. The number of nitrogens with zero attached hydrogens (tertiary/aromatic N) is 2. The van der Waals surface area contributed by atoms with Gasteiger partial charge in [-0.15, -0.1) is 0 Å². The summed E-state index contributed by atoms with van der Waals surface area (Å²) in [4.78, 5) is 25.1. The van der Waals surface area contributed by atoms with Crippen LogP contribution in [0.3, 0.4) is 0 Å². The zero-order valence-corrected chi connectivity index (χ0v) is 20.5. The first-order valence-electron chi connectivity index (χ1n) is 11.5. The van der Waals surface area contributed by atoms with Crippen LogP contribution < -0.4 is 14.4 Å². The molecule has 0 aromatic heterocycles. The second-order valence-corrected chi connectivity index (χ2v) is 9.37. The van der Waals surface area contributed by atoms with Crippen molar-refractivity contribution < 1.29 is 23.9 Å². The first kappa shape index (κ1) is 23.4. The number of carbonyl (C=O) groups is 1. The van der Waals surface area contributed by atoms with Gasteiger partial charge >= 0.3 is 5.97 Å². The standard InChI is InChI=1S/C28H26N2O6/c1-27(2)22-7-5-6-8-23(22)29(17-18-9-11-19(12-10-18)26(31)35-4)28(27)14-13-20-15-21(30(32)33)16-24(34-3)25(20)36-28/h5-16H,17H2,1-4H3. The van der Waals surface area contributed by atoms with E-state index in [-0.39, 0.29) is 11.7 Å². The van der Waals surface area contributed by atoms with Crippen LogP contribution in [0.1, 0.15) is 40.9 Å². The Morgan fingerprint density at radius 2 is 1.81 bits per heavy atom. The van der Waals surface area contributed by atoms with Gasteiger partial charge in [0.2, 0.25) is 5.72 Å². The van der Waals surface area contributed by atoms with Gasteiger partial charge in [0.1, 0.15) is 0 Å². The maximum Gasteiger partial charge on any atom is 0.337 e. The predicted octanol–water partition coefficient (Wildman–Crippen LogP) is 5.49. The van der Waals surface area contributed by atoms with Crippen molar-refractivity contribution in [3.05, 3.63) is 99.1 Å². The van der Waals surface area contributed by atoms with Crippen molar-refractivity contribution in [3.63, 3.8) is 0 Å². The lowest BCUT2D eigenvalue weighted by Gasteiger charge is -2.47. The van der Waals surface area contributed by atoms with Crippen LogP contribution in [-0.2, 0) is 16.7 Å². The van der Waals surface area contributed by atoms with Crippen LogP contribution in [0, 0.1) is 10.1 Å². The minimum atomic E-state index is -0.936. The lowest BCUT2D eigenvalue weighted by atomic mass is 9.76. The molecule has 3 aromatic rings. The van der Waals surface area contributed by atoms with Gasteiger partial charge in [-0.3, -0.25) is 10.1 Å². The van der Waals surface area contributed by atoms with Gasteiger partial charge in [-0.05, 0) is 55.3 Å². The second kappa shape index (κ2) is 8.41. The number of methoxy groups -OCH3 is 2. The number of nitro groups is 1. The van der Waals surface area contributed by atoms with Gasteiger partial charge in [0.25, 0.3) is 5.69 Å². The molecule has 5 rings (SSSR count). The number of para-hydroxylation sites is 1. The number of fused-ring (bicyclic) bond motifs is 2. The summed E-state index contributed by atoms with van der Waals surface area (Å²) >= 11 is 0. The van der Waals surface area contributed by atoms with Gasteiger partial charge in [0, 0.05) is 23.9 Å². The Hall–Kier alpha value is -4.33. The highest BCUT2D eigenvalue weighted by Gasteiger charge is 2.59. The van der Waals surface area contributed by atoms with Gasteiger partial charge in [-0.2, -0.15) is 0 Å². The summed E-state index contributed by atoms with van der Waals surface area (Å²) in [5.74, 6) is 0.372. The van der Waals surface area contributed by atoms with E-state index in [1.54, 1.807) is 12.1 Å². The third-order valence-corrected chi connectivity index (χ3v) is 7.13. The quantitative estimate of drug-likeness (QED) is 0.268. The molecule has 3 aromatic carbocycles. The topological polar surface area (TPSA) is 91.1 Å². The number of benzene rings is 3. The Labute approximate surface area is 208 Å². The molecule has 0 fully saturated rings. The molecule has 0 radical (unpaired) electrons. The number of hydrogen-bond acceptors (Lipinski definition) is 7. The van der Waals surface area contributed by atoms with E-state index < -0.39 is 16.1 Å². The number of non-ortho nitro benzene ring substituents is 1. The van der Waals surface area contributed by atoms with Gasteiger partial charge < -0.3 is 19.1 Å². The maximum absolute atomic E-state index is 11.9. The third-order valence-electron chi connectivity index (χ3n) is 7.13. The molecule has 0 aliphatic carbocycles. The minimum absolute atomic E-state index is 0.0636. The molecule has 0 saturated carbocycles. The van der Waals surface area contributed by atoms with Crippen LogP contribution >= 0.6 is 0 Å². The van der Waals surface area contributed by atoms with Crippen molar-refractivity contribution in [2.75, 3.05) is 19.1 Å². The summed E-state index contributed by atoms with van der Waals surface area (Å²) in [6.07, 6.45) is 3.84. The first-order valence-corrected chi connectivity index (χ1v) is 11.5. The van der Waals surface area contributed by atoms with E-state index in [0.717, 1.165) is 16.8 Å². The molecule has 2 aliphatic rings. The van der Waals surface area contributed by atoms with E-state index in [1.807, 2.05) is 36.4 Å². The summed E-state index contributed by atoms with van der Waals surface area (Å²) in [6.45, 7) is 4.75. The molecule has 0 amide bonds. The molecule has 1 atom stereocenters. The molecule has 184 valence electrons. The van der Waals surface area contributed by atoms with Crippen molar-refractivity contribution in [1.82, 2.24) is 0 Å². The van der Waals surface area contributed by atoms with Crippen LogP contribution in [-0.4, -0.2) is 30.8 Å². The molecule has 0 saturated heterocycles. The third kappa shape index (κ3) is 3.40. The Morgan fingerprint density at radius 3 is 2.47 bits per heavy atom. The maximum atomic E-state index is 11.9. The van der Waals surface area contributed by atoms with Crippen LogP contribution in [0.4, 0.5) is 11.4 Å². The molecule has 1 spiro atoms. The van der Waals surface area contributed by atoms with E-state index in [1.165, 1.54) is 26.4 Å². The summed E-state index contributed by atoms with van der Waals surface area (Å²) in [6, 6.07) is 18.3. The van der Waals surface area contributed by atoms with Gasteiger partial charge in [0.15, 0.2) is 11.5 Å². The highest BCUT2D eigenvalue weighted by Crippen LogP contribution is 2.56. The smallest absolute Gasteiger partial charge is 0.337 e. The highest BCUT2D eigenvalue weighted by atomic mass is 16.6. The molecule has 2 heterocycles. The monoisotopic (exact) mass is 486 g/mol. The zero-order valence-electron chi connectivity index (χ0n) is 20.5. The van der Waals surface area contributed by atoms with E-state index in [4.69, 9.17) is 14.2 Å². The molecule has 36 heavy (non-hydrogen) atoms. The molecule has 2 aliphatic heterocycles. The van der Waals surface area contributed by atoms with Gasteiger partial charge in [-0.25, -0.2) is 4.79 Å². The Morgan fingerprint density at radius 1 is 1.08 bits per heavy atom. The number of carbonyl (C=O) groups excluding carboxylic acids is 1. The van der Waals surface area contributed by atoms with E-state index in [0.29, 0.717) is 29.2 Å². The van der Waals surface area contributed by atoms with Crippen LogP contribution in [0.2, 0.25) is 0 Å². The fraction of sp³-hybridized carbons (Fsp3) is 0.250. The number of ether oxygens (including phenoxy) is 3. The normalized spacial score (nSPS) is 18.8. The average Bonchev–Trinajstić information content (AvgIpc) is 3.06. The Balaban J connectivity index is 1.62. The Kier molecular flexibility index (Phi) is 5.47. The van der Waals surface area contributed by atoms with Gasteiger partial charge in [0.05, 0.1) is 36.2 Å². The largest absolute Gasteiger partial charge is 0.493 e. The van der Waals surface area contributed by atoms with Crippen molar-refractivity contribution in [3.8, 4) is 11.5 Å². The number of esters is 1. The summed E-state index contributed by atoms with van der Waals surface area (Å²) in [5.41, 5.74) is 2.69. The second-order valence-electron chi connectivity index (χ2n) is 9.37. The van der Waals surface area contributed by atoms with Gasteiger partial charge in [-0.1, -0.05) is 30.3 Å². The zero-order chi connectivity index (χ0) is 25.7. The van der Waals surface area contributed by atoms with E-state index in [9.17, 15) is 14.9 Å². The lowest BCUT2D eigenvalue weighted by Crippen LogP contribution is -2.59. The van der Waals surface area contributed by atoms with Crippen LogP contribution in [0.15, 0.2) is 66.7 Å². The number of anilines is 1. The van der Waals surface area contributed by atoms with Crippen molar-refractivity contribution in [2.45, 2.75) is 31.5 Å². The molecule has 0 N–H and O–H groups in total. The SMILES string of the molecule is COC(=O)c1ccc(CN2c3ccccc3C(C)(C)C23C=Cc2cc([N+](=O)[O-])cc(OC)c2O3)cc1. The minimum Gasteiger partial charge on any atom is -0.493 e. The van der Waals surface area contributed by atoms with Crippen molar-refractivity contribution in [1.29, 1.82) is 0 Å². The van der Waals surface area contributed by atoms with E-state index in [2.05, 4.69) is 30.9 Å². The molecule has 8 nitrogen and oxygen atoms in total. The molecule has 0 bridgehead atoms. The lowest BCUT2D eigenvalue weighted by molar-refractivity contribution is -0.385. The fourth-order valence-corrected chi connectivity index (χ4v) is 5.17. The fourth-order valence-electron chi connectivity index (χ4n) is 5.17. The van der Waals surface area contributed by atoms with E-state index >= 15 is 0 Å². The number of nitro benzene ring substituents is 1. The van der Waals surface area contributed by atoms with Crippen molar-refractivity contribution >= 4 is 23.4 Å². The average molecular weight is 487 g/mol. The van der Waals surface area contributed by atoms with Crippen LogP contribution in [0.25, 0.3) is 6.08 Å². The molecular weight excluding hydrogens is 460 g/mol. The first-order chi connectivity index (χ1) is 17.2. The Bertz CT molecular complexity index is 1400. The summed E-state index contributed by atoms with van der Waals surface area (Å²) < 4.78 is 17.2. The number of rotatable bonds is 5. The summed E-state index contributed by atoms with van der Waals surface area (Å²) in [5, 5.41) is 11.4. The molecule has 1 unspecified atom stereocenters.